The molecule has 4 rings (SSSR count). The van der Waals surface area contributed by atoms with Crippen LogP contribution in [0.5, 0.6) is 5.75 Å². The van der Waals surface area contributed by atoms with Crippen LogP contribution in [0.1, 0.15) is 31.7 Å². The van der Waals surface area contributed by atoms with E-state index < -0.39 is 0 Å². The molecule has 0 saturated carbocycles. The summed E-state index contributed by atoms with van der Waals surface area (Å²) >= 11 is 0. The van der Waals surface area contributed by atoms with E-state index in [-0.39, 0.29) is 0 Å². The molecule has 0 bridgehead atoms. The summed E-state index contributed by atoms with van der Waals surface area (Å²) in [5, 5.41) is 4.60. The highest BCUT2D eigenvalue weighted by Gasteiger charge is 2.21. The minimum atomic E-state index is 0.398. The molecule has 6 nitrogen and oxygen atoms in total. The average molecular weight is 416 g/mol. The van der Waals surface area contributed by atoms with Crippen LogP contribution in [-0.4, -0.2) is 33.2 Å². The number of aromatic nitrogens is 4. The molecule has 0 fully saturated rings. The molecule has 0 aliphatic heterocycles. The van der Waals surface area contributed by atoms with Gasteiger partial charge in [-0.15, -0.1) is 0 Å². The maximum Gasteiger partial charge on any atom is 0.139 e. The first kappa shape index (κ1) is 20.8. The van der Waals surface area contributed by atoms with Crippen molar-refractivity contribution < 1.29 is 4.74 Å². The van der Waals surface area contributed by atoms with Crippen LogP contribution < -0.4 is 10.1 Å². The number of nitrogens with zero attached hydrogens (tertiary/aromatic N) is 4. The molecule has 0 amide bonds. The normalized spacial score (nSPS) is 13.2. The molecule has 160 valence electrons. The molecule has 1 N–H and O–H groups in total. The Morgan fingerprint density at radius 1 is 1.10 bits per heavy atom. The van der Waals surface area contributed by atoms with Gasteiger partial charge in [-0.3, -0.25) is 0 Å². The van der Waals surface area contributed by atoms with Gasteiger partial charge in [0.1, 0.15) is 23.5 Å². The molecule has 0 spiro atoms. The fraction of sp³-hybridized carbons (Fsp3) is 0.320. The lowest BCUT2D eigenvalue weighted by molar-refractivity contribution is 0.389. The Kier molecular flexibility index (Phi) is 6.16. The summed E-state index contributed by atoms with van der Waals surface area (Å²) in [4.78, 5) is 13.5. The topological polar surface area (TPSA) is 64.9 Å². The Labute approximate surface area is 183 Å². The molecule has 0 aliphatic carbocycles. The van der Waals surface area contributed by atoms with E-state index in [1.165, 1.54) is 5.56 Å². The summed E-state index contributed by atoms with van der Waals surface area (Å²) in [5.74, 6) is 2.57. The number of benzene rings is 1. The van der Waals surface area contributed by atoms with Crippen molar-refractivity contribution in [3.05, 3.63) is 66.7 Å². The highest BCUT2D eigenvalue weighted by molar-refractivity contribution is 5.81. The Bertz CT molecular complexity index is 1170. The van der Waals surface area contributed by atoms with E-state index in [9.17, 15) is 0 Å². The zero-order chi connectivity index (χ0) is 21.8. The van der Waals surface area contributed by atoms with E-state index in [4.69, 9.17) is 4.74 Å². The van der Waals surface area contributed by atoms with Crippen molar-refractivity contribution >= 4 is 16.9 Å². The number of hydrogen-bond donors (Lipinski definition) is 1. The van der Waals surface area contributed by atoms with Crippen LogP contribution in [0, 0.1) is 5.92 Å². The van der Waals surface area contributed by atoms with Crippen molar-refractivity contribution in [1.29, 1.82) is 0 Å². The van der Waals surface area contributed by atoms with E-state index in [1.54, 1.807) is 13.4 Å². The maximum atomic E-state index is 5.59. The number of para-hydroxylation sites is 1. The number of fused-ring (bicyclic) bond motifs is 1. The highest BCUT2D eigenvalue weighted by atomic mass is 16.5. The minimum absolute atomic E-state index is 0.398. The summed E-state index contributed by atoms with van der Waals surface area (Å²) < 4.78 is 7.60. The molecule has 3 aromatic heterocycles. The second-order valence-electron chi connectivity index (χ2n) is 7.97. The minimum Gasteiger partial charge on any atom is -0.496 e. The van der Waals surface area contributed by atoms with E-state index in [0.717, 1.165) is 46.8 Å². The molecule has 0 saturated heterocycles. The fourth-order valence-electron chi connectivity index (χ4n) is 4.22. The average Bonchev–Trinajstić information content (AvgIpc) is 3.19. The Morgan fingerprint density at radius 3 is 2.74 bits per heavy atom. The number of nitrogens with one attached hydrogen (secondary N) is 1. The van der Waals surface area contributed by atoms with Gasteiger partial charge in [-0.25, -0.2) is 15.0 Å². The quantitative estimate of drug-likeness (QED) is 0.424. The van der Waals surface area contributed by atoms with Crippen LogP contribution in [0.15, 0.2) is 61.2 Å². The molecule has 2 unspecified atom stereocenters. The van der Waals surface area contributed by atoms with Gasteiger partial charge in [-0.05, 0) is 42.0 Å². The van der Waals surface area contributed by atoms with Crippen molar-refractivity contribution in [2.24, 2.45) is 13.0 Å². The van der Waals surface area contributed by atoms with Gasteiger partial charge in [0, 0.05) is 43.0 Å². The Balaban J connectivity index is 1.49. The second kappa shape index (κ2) is 9.16. The number of hydrogen-bond acceptors (Lipinski definition) is 5. The Morgan fingerprint density at radius 2 is 1.94 bits per heavy atom. The number of ether oxygens (including phenoxy) is 1. The Hall–Kier alpha value is -3.41. The van der Waals surface area contributed by atoms with Gasteiger partial charge in [0.25, 0.3) is 0 Å². The SMILES string of the molecule is CCC(c1ccccc1OC)C(C)CNc1cc(-c2cnc3c(ccn3C)c2)ncn1. The summed E-state index contributed by atoms with van der Waals surface area (Å²) in [6.45, 7) is 5.30. The molecule has 6 heteroatoms. The molecule has 1 aromatic carbocycles. The zero-order valence-electron chi connectivity index (χ0n) is 18.5. The first-order chi connectivity index (χ1) is 15.1. The van der Waals surface area contributed by atoms with Gasteiger partial charge >= 0.3 is 0 Å². The van der Waals surface area contributed by atoms with Gasteiger partial charge in [-0.2, -0.15) is 0 Å². The lowest BCUT2D eigenvalue weighted by Crippen LogP contribution is -2.19. The largest absolute Gasteiger partial charge is 0.496 e. The molecule has 0 radical (unpaired) electrons. The lowest BCUT2D eigenvalue weighted by atomic mass is 9.84. The van der Waals surface area contributed by atoms with Crippen LogP contribution in [0.2, 0.25) is 0 Å². The molecule has 2 atom stereocenters. The number of aryl methyl sites for hydroxylation is 1. The van der Waals surface area contributed by atoms with Crippen molar-refractivity contribution in [2.75, 3.05) is 19.0 Å². The van der Waals surface area contributed by atoms with Crippen molar-refractivity contribution in [3.63, 3.8) is 0 Å². The zero-order valence-corrected chi connectivity index (χ0v) is 18.5. The summed E-state index contributed by atoms with van der Waals surface area (Å²) in [5.41, 5.74) is 4.07. The molecule has 4 aromatic rings. The van der Waals surface area contributed by atoms with Crippen LogP contribution >= 0.6 is 0 Å². The van der Waals surface area contributed by atoms with Crippen molar-refractivity contribution in [1.82, 2.24) is 19.5 Å². The number of anilines is 1. The van der Waals surface area contributed by atoms with Crippen LogP contribution in [-0.2, 0) is 7.05 Å². The second-order valence-corrected chi connectivity index (χ2v) is 7.97. The van der Waals surface area contributed by atoms with Gasteiger partial charge in [-0.1, -0.05) is 32.0 Å². The van der Waals surface area contributed by atoms with Crippen molar-refractivity contribution in [3.8, 4) is 17.0 Å². The predicted octanol–water partition coefficient (Wildman–Crippen LogP) is 5.28. The number of pyridine rings is 1. The van der Waals surface area contributed by atoms with Crippen LogP contribution in [0.4, 0.5) is 5.82 Å². The lowest BCUT2D eigenvalue weighted by Gasteiger charge is -2.25. The van der Waals surface area contributed by atoms with E-state index >= 15 is 0 Å². The van der Waals surface area contributed by atoms with Gasteiger partial charge in [0.05, 0.1) is 12.8 Å². The fourth-order valence-corrected chi connectivity index (χ4v) is 4.22. The number of rotatable bonds is 8. The first-order valence-corrected chi connectivity index (χ1v) is 10.7. The first-order valence-electron chi connectivity index (χ1n) is 10.7. The molecular formula is C25H29N5O. The third-order valence-corrected chi connectivity index (χ3v) is 5.94. The number of methoxy groups -OCH3 is 1. The summed E-state index contributed by atoms with van der Waals surface area (Å²) in [6.07, 6.45) is 6.53. The third kappa shape index (κ3) is 4.38. The standard InChI is InChI=1S/C25H29N5O/c1-5-20(21-8-6-7-9-23(21)31-4)17(2)14-26-24-13-22(28-16-29-24)19-12-18-10-11-30(3)25(18)27-15-19/h6-13,15-17,20H,5,14H2,1-4H3,(H,26,28,29). The molecule has 0 aliphatic rings. The maximum absolute atomic E-state index is 5.59. The summed E-state index contributed by atoms with van der Waals surface area (Å²) in [6, 6.07) is 14.5. The monoisotopic (exact) mass is 415 g/mol. The van der Waals surface area contributed by atoms with Gasteiger partial charge in [0.2, 0.25) is 0 Å². The third-order valence-electron chi connectivity index (χ3n) is 5.94. The predicted molar refractivity (Wildman–Crippen MR) is 125 cm³/mol. The van der Waals surface area contributed by atoms with E-state index in [1.807, 2.05) is 42.2 Å². The van der Waals surface area contributed by atoms with Gasteiger partial charge < -0.3 is 14.6 Å². The highest BCUT2D eigenvalue weighted by Crippen LogP contribution is 2.34. The van der Waals surface area contributed by atoms with E-state index in [2.05, 4.69) is 58.4 Å². The van der Waals surface area contributed by atoms with E-state index in [0.29, 0.717) is 11.8 Å². The molecule has 31 heavy (non-hydrogen) atoms. The van der Waals surface area contributed by atoms with Crippen LogP contribution in [0.25, 0.3) is 22.3 Å². The molecule has 3 heterocycles. The van der Waals surface area contributed by atoms with Crippen LogP contribution in [0.3, 0.4) is 0 Å². The molecular weight excluding hydrogens is 386 g/mol. The smallest absolute Gasteiger partial charge is 0.139 e. The summed E-state index contributed by atoms with van der Waals surface area (Å²) in [7, 11) is 3.73. The van der Waals surface area contributed by atoms with Gasteiger partial charge in [0.15, 0.2) is 0 Å². The van der Waals surface area contributed by atoms with Crippen molar-refractivity contribution in [2.45, 2.75) is 26.2 Å².